The lowest BCUT2D eigenvalue weighted by Gasteiger charge is -2.21. The molecule has 1 unspecified atom stereocenters. The van der Waals surface area contributed by atoms with E-state index in [4.69, 9.17) is 9.47 Å². The molecule has 0 spiro atoms. The van der Waals surface area contributed by atoms with Gasteiger partial charge in [-0.15, -0.1) is 0 Å². The van der Waals surface area contributed by atoms with Crippen molar-refractivity contribution < 1.29 is 14.6 Å². The van der Waals surface area contributed by atoms with Gasteiger partial charge in [0.15, 0.2) is 11.5 Å². The third kappa shape index (κ3) is 3.24. The van der Waals surface area contributed by atoms with Crippen molar-refractivity contribution in [3.8, 4) is 17.2 Å². The smallest absolute Gasteiger partial charge is 0.231 e. The van der Waals surface area contributed by atoms with E-state index < -0.39 is 0 Å². The first-order chi connectivity index (χ1) is 9.33. The van der Waals surface area contributed by atoms with Gasteiger partial charge < -0.3 is 19.9 Å². The first-order valence-corrected chi connectivity index (χ1v) is 8.55. The van der Waals surface area contributed by atoms with Gasteiger partial charge in [-0.2, -0.15) is 23.5 Å². The van der Waals surface area contributed by atoms with Crippen LogP contribution in [0.5, 0.6) is 17.2 Å². The molecule has 2 heterocycles. The van der Waals surface area contributed by atoms with Crippen molar-refractivity contribution in [2.24, 2.45) is 0 Å². The summed E-state index contributed by atoms with van der Waals surface area (Å²) >= 11 is 4.05. The Morgan fingerprint density at radius 3 is 2.89 bits per heavy atom. The van der Waals surface area contributed by atoms with Gasteiger partial charge >= 0.3 is 0 Å². The van der Waals surface area contributed by atoms with Gasteiger partial charge in [0.2, 0.25) is 6.79 Å². The Balaban J connectivity index is 1.54. The number of aromatic hydroxyl groups is 1. The van der Waals surface area contributed by atoms with Gasteiger partial charge in [-0.3, -0.25) is 0 Å². The van der Waals surface area contributed by atoms with Gasteiger partial charge in [-0.1, -0.05) is 0 Å². The molecule has 2 aliphatic heterocycles. The highest BCUT2D eigenvalue weighted by Crippen LogP contribution is 2.37. The minimum atomic E-state index is 0.238. The molecule has 3 rings (SSSR count). The van der Waals surface area contributed by atoms with E-state index in [0.717, 1.165) is 17.9 Å². The largest absolute Gasteiger partial charge is 0.507 e. The van der Waals surface area contributed by atoms with Crippen LogP contribution >= 0.6 is 23.5 Å². The third-order valence-electron chi connectivity index (χ3n) is 3.15. The average molecular weight is 299 g/mol. The quantitative estimate of drug-likeness (QED) is 0.887. The third-order valence-corrected chi connectivity index (χ3v) is 5.99. The van der Waals surface area contributed by atoms with Gasteiger partial charge in [0.1, 0.15) is 5.75 Å². The number of ether oxygens (including phenoxy) is 2. The van der Waals surface area contributed by atoms with Crippen LogP contribution in [-0.4, -0.2) is 41.0 Å². The van der Waals surface area contributed by atoms with Crippen LogP contribution in [0, 0.1) is 0 Å². The number of hydrogen-bond donors (Lipinski definition) is 2. The molecule has 19 heavy (non-hydrogen) atoms. The Bertz CT molecular complexity index is 450. The first-order valence-electron chi connectivity index (χ1n) is 6.34. The van der Waals surface area contributed by atoms with Crippen molar-refractivity contribution in [1.82, 2.24) is 5.32 Å². The van der Waals surface area contributed by atoms with E-state index in [1.54, 1.807) is 6.07 Å². The molecule has 104 valence electrons. The van der Waals surface area contributed by atoms with Crippen molar-refractivity contribution in [1.29, 1.82) is 0 Å². The molecule has 0 radical (unpaired) electrons. The van der Waals surface area contributed by atoms with Crippen LogP contribution in [0.25, 0.3) is 0 Å². The van der Waals surface area contributed by atoms with Crippen molar-refractivity contribution in [3.63, 3.8) is 0 Å². The summed E-state index contributed by atoms with van der Waals surface area (Å²) in [5.74, 6) is 5.33. The summed E-state index contributed by atoms with van der Waals surface area (Å²) in [5, 5.41) is 14.0. The summed E-state index contributed by atoms with van der Waals surface area (Å²) in [5.41, 5.74) is 0.859. The maximum absolute atomic E-state index is 9.93. The molecule has 0 saturated carbocycles. The molecule has 1 fully saturated rings. The molecule has 0 aliphatic carbocycles. The molecule has 4 nitrogen and oxygen atoms in total. The van der Waals surface area contributed by atoms with E-state index in [1.165, 1.54) is 17.3 Å². The minimum absolute atomic E-state index is 0.238. The molecule has 1 atom stereocenters. The Kier molecular flexibility index (Phi) is 4.30. The van der Waals surface area contributed by atoms with Crippen LogP contribution in [-0.2, 0) is 6.54 Å². The normalized spacial score (nSPS) is 21.6. The van der Waals surface area contributed by atoms with E-state index >= 15 is 0 Å². The second-order valence-corrected chi connectivity index (χ2v) is 7.09. The molecular weight excluding hydrogens is 282 g/mol. The summed E-state index contributed by atoms with van der Waals surface area (Å²) in [6, 6.07) is 3.48. The maximum Gasteiger partial charge on any atom is 0.231 e. The number of nitrogens with one attached hydrogen (secondary N) is 1. The Labute approximate surface area is 121 Å². The van der Waals surface area contributed by atoms with E-state index in [9.17, 15) is 5.11 Å². The number of phenolic OH excluding ortho intramolecular Hbond substituents is 1. The monoisotopic (exact) mass is 299 g/mol. The number of rotatable bonds is 4. The highest BCUT2D eigenvalue weighted by molar-refractivity contribution is 8.06. The van der Waals surface area contributed by atoms with E-state index in [1.807, 2.05) is 29.6 Å². The SMILES string of the molecule is Oc1cc2c(cc1CNCC1CSCCS1)OCO2. The Hall–Kier alpha value is -0.720. The van der Waals surface area contributed by atoms with Crippen LogP contribution in [0.3, 0.4) is 0 Å². The van der Waals surface area contributed by atoms with Crippen LogP contribution in [0.1, 0.15) is 5.56 Å². The number of hydrogen-bond acceptors (Lipinski definition) is 6. The van der Waals surface area contributed by atoms with Gasteiger partial charge in [0.05, 0.1) is 0 Å². The molecule has 1 aromatic carbocycles. The number of fused-ring (bicyclic) bond motifs is 1. The lowest BCUT2D eigenvalue weighted by Crippen LogP contribution is -2.28. The first kappa shape index (κ1) is 13.3. The summed E-state index contributed by atoms with van der Waals surface area (Å²) in [4.78, 5) is 0. The lowest BCUT2D eigenvalue weighted by atomic mass is 10.1. The van der Waals surface area contributed by atoms with Crippen molar-refractivity contribution in [2.75, 3.05) is 30.6 Å². The van der Waals surface area contributed by atoms with E-state index in [0.29, 0.717) is 17.5 Å². The predicted molar refractivity (Wildman–Crippen MR) is 79.5 cm³/mol. The number of phenols is 1. The van der Waals surface area contributed by atoms with E-state index in [2.05, 4.69) is 5.32 Å². The lowest BCUT2D eigenvalue weighted by molar-refractivity contribution is 0.174. The summed E-state index contributed by atoms with van der Waals surface area (Å²) in [6.45, 7) is 1.87. The predicted octanol–water partition coefficient (Wildman–Crippen LogP) is 2.06. The van der Waals surface area contributed by atoms with Crippen molar-refractivity contribution >= 4 is 23.5 Å². The second kappa shape index (κ2) is 6.15. The zero-order valence-corrected chi connectivity index (χ0v) is 12.2. The standard InChI is InChI=1S/C13H17NO3S2/c15-11-4-13-12(16-8-17-13)3-9(11)5-14-6-10-7-18-1-2-19-10/h3-4,10,14-15H,1-2,5-8H2. The summed E-state index contributed by atoms with van der Waals surface area (Å²) in [7, 11) is 0. The average Bonchev–Trinajstić information content (AvgIpc) is 2.87. The second-order valence-electron chi connectivity index (χ2n) is 4.53. The van der Waals surface area contributed by atoms with Crippen molar-refractivity contribution in [2.45, 2.75) is 11.8 Å². The fourth-order valence-electron chi connectivity index (χ4n) is 2.14. The molecule has 1 aromatic rings. The van der Waals surface area contributed by atoms with Gasteiger partial charge in [-0.25, -0.2) is 0 Å². The van der Waals surface area contributed by atoms with Gasteiger partial charge in [0, 0.05) is 47.2 Å². The highest BCUT2D eigenvalue weighted by Gasteiger charge is 2.18. The molecule has 1 saturated heterocycles. The highest BCUT2D eigenvalue weighted by atomic mass is 32.2. The van der Waals surface area contributed by atoms with Crippen LogP contribution in [0.15, 0.2) is 12.1 Å². The van der Waals surface area contributed by atoms with Crippen LogP contribution in [0.2, 0.25) is 0 Å². The fraction of sp³-hybridized carbons (Fsp3) is 0.538. The van der Waals surface area contributed by atoms with Crippen molar-refractivity contribution in [3.05, 3.63) is 17.7 Å². The fourth-order valence-corrected chi connectivity index (χ4v) is 4.78. The zero-order valence-electron chi connectivity index (χ0n) is 10.6. The minimum Gasteiger partial charge on any atom is -0.507 e. The molecule has 2 N–H and O–H groups in total. The maximum atomic E-state index is 9.93. The summed E-state index contributed by atoms with van der Waals surface area (Å²) < 4.78 is 10.5. The Morgan fingerprint density at radius 2 is 2.11 bits per heavy atom. The molecular formula is C13H17NO3S2. The molecule has 0 bridgehead atoms. The van der Waals surface area contributed by atoms with Gasteiger partial charge in [0.25, 0.3) is 0 Å². The van der Waals surface area contributed by atoms with Crippen LogP contribution < -0.4 is 14.8 Å². The Morgan fingerprint density at radius 1 is 1.26 bits per heavy atom. The number of benzene rings is 1. The molecule has 6 heteroatoms. The molecule has 0 aromatic heterocycles. The van der Waals surface area contributed by atoms with Crippen LogP contribution in [0.4, 0.5) is 0 Å². The summed E-state index contributed by atoms with van der Waals surface area (Å²) in [6.07, 6.45) is 0. The van der Waals surface area contributed by atoms with Gasteiger partial charge in [-0.05, 0) is 6.07 Å². The molecule has 0 amide bonds. The molecule has 2 aliphatic rings. The number of thioether (sulfide) groups is 2. The van der Waals surface area contributed by atoms with E-state index in [-0.39, 0.29) is 12.5 Å². The zero-order chi connectivity index (χ0) is 13.1. The topological polar surface area (TPSA) is 50.7 Å².